The summed E-state index contributed by atoms with van der Waals surface area (Å²) >= 11 is 3.04. The van der Waals surface area contributed by atoms with Crippen LogP contribution < -0.4 is 10.1 Å². The van der Waals surface area contributed by atoms with Crippen molar-refractivity contribution in [2.24, 2.45) is 5.41 Å². The summed E-state index contributed by atoms with van der Waals surface area (Å²) in [5.74, 6) is -0.288. The van der Waals surface area contributed by atoms with Crippen LogP contribution in [0.15, 0.2) is 22.7 Å². The topological polar surface area (TPSA) is 41.5 Å². The second-order valence-electron chi connectivity index (χ2n) is 4.87. The van der Waals surface area contributed by atoms with Crippen LogP contribution in [0.4, 0.5) is 18.9 Å². The summed E-state index contributed by atoms with van der Waals surface area (Å²) < 4.78 is 40.5. The largest absolute Gasteiger partial charge is 0.573 e. The lowest BCUT2D eigenvalue weighted by Crippen LogP contribution is -2.29. The van der Waals surface area contributed by atoms with E-state index < -0.39 is 6.36 Å². The van der Waals surface area contributed by atoms with Crippen LogP contribution in [0.2, 0.25) is 0 Å². The minimum atomic E-state index is -4.71. The molecule has 0 saturated heterocycles. The van der Waals surface area contributed by atoms with Crippen molar-refractivity contribution >= 4 is 21.6 Å². The molecule has 1 rings (SSSR count). The average molecular weight is 356 g/mol. The molecule has 0 aliphatic rings. The molecule has 3 nitrogen and oxygen atoms in total. The van der Waals surface area contributed by atoms with Crippen LogP contribution in [-0.2, 0) is 0 Å². The van der Waals surface area contributed by atoms with Gasteiger partial charge in [0.15, 0.2) is 0 Å². The second kappa shape index (κ2) is 6.67. The van der Waals surface area contributed by atoms with E-state index in [9.17, 15) is 18.3 Å². The van der Waals surface area contributed by atoms with E-state index in [0.29, 0.717) is 12.2 Å². The van der Waals surface area contributed by atoms with Crippen molar-refractivity contribution in [3.8, 4) is 5.75 Å². The minimum absolute atomic E-state index is 0.0347. The average Bonchev–Trinajstić information content (AvgIpc) is 2.37. The molecule has 1 aromatic carbocycles. The maximum atomic E-state index is 12.1. The van der Waals surface area contributed by atoms with Gasteiger partial charge in [0.1, 0.15) is 5.75 Å². The molecule has 0 aliphatic heterocycles. The van der Waals surface area contributed by atoms with Crippen LogP contribution in [0.1, 0.15) is 20.3 Å². The van der Waals surface area contributed by atoms with Gasteiger partial charge in [-0.05, 0) is 40.5 Å². The minimum Gasteiger partial charge on any atom is -0.405 e. The van der Waals surface area contributed by atoms with E-state index in [2.05, 4.69) is 26.0 Å². The van der Waals surface area contributed by atoms with Gasteiger partial charge in [0.25, 0.3) is 0 Å². The predicted octanol–water partition coefficient (Wildman–Crippen LogP) is 4.17. The molecule has 2 N–H and O–H groups in total. The van der Waals surface area contributed by atoms with Crippen LogP contribution in [0.25, 0.3) is 0 Å². The third-order valence-electron chi connectivity index (χ3n) is 3.11. The molecular weight excluding hydrogens is 339 g/mol. The molecule has 0 saturated carbocycles. The normalized spacial score (nSPS) is 14.8. The fourth-order valence-electron chi connectivity index (χ4n) is 1.43. The lowest BCUT2D eigenvalue weighted by Gasteiger charge is -2.26. The molecule has 7 heteroatoms. The molecule has 114 valence electrons. The first-order valence-corrected chi connectivity index (χ1v) is 6.88. The Kier molecular flexibility index (Phi) is 5.70. The quantitative estimate of drug-likeness (QED) is 0.804. The first-order valence-electron chi connectivity index (χ1n) is 6.09. The Morgan fingerprint density at radius 1 is 1.35 bits per heavy atom. The number of hydrogen-bond donors (Lipinski definition) is 2. The third-order valence-corrected chi connectivity index (χ3v) is 3.73. The van der Waals surface area contributed by atoms with Crippen LogP contribution in [-0.4, -0.2) is 24.6 Å². The molecule has 20 heavy (non-hydrogen) atoms. The monoisotopic (exact) mass is 355 g/mol. The van der Waals surface area contributed by atoms with Crippen molar-refractivity contribution in [3.05, 3.63) is 22.7 Å². The Balaban J connectivity index is 2.73. The maximum absolute atomic E-state index is 12.1. The number of anilines is 1. The molecule has 0 fully saturated rings. The second-order valence-corrected chi connectivity index (χ2v) is 5.72. The van der Waals surface area contributed by atoms with Crippen LogP contribution in [0.5, 0.6) is 5.75 Å². The first kappa shape index (κ1) is 17.1. The predicted molar refractivity (Wildman–Crippen MR) is 74.8 cm³/mol. The highest BCUT2D eigenvalue weighted by Crippen LogP contribution is 2.33. The highest BCUT2D eigenvalue weighted by molar-refractivity contribution is 9.10. The highest BCUT2D eigenvalue weighted by atomic mass is 79.9. The summed E-state index contributed by atoms with van der Waals surface area (Å²) in [6.07, 6.45) is -3.93. The number of benzene rings is 1. The summed E-state index contributed by atoms with van der Waals surface area (Å²) in [6, 6.07) is 4.25. The van der Waals surface area contributed by atoms with Crippen LogP contribution in [0, 0.1) is 5.41 Å². The number of aliphatic hydroxyl groups excluding tert-OH is 1. The molecule has 0 radical (unpaired) electrons. The molecule has 0 spiro atoms. The smallest absolute Gasteiger partial charge is 0.405 e. The van der Waals surface area contributed by atoms with Crippen molar-refractivity contribution in [2.75, 3.05) is 18.5 Å². The number of alkyl halides is 3. The van der Waals surface area contributed by atoms with E-state index in [0.717, 1.165) is 6.42 Å². The Labute approximate surface area is 124 Å². The first-order chi connectivity index (χ1) is 9.19. The van der Waals surface area contributed by atoms with E-state index in [1.807, 2.05) is 13.8 Å². The van der Waals surface area contributed by atoms with Crippen LogP contribution in [0.3, 0.4) is 0 Å². The summed E-state index contributed by atoms with van der Waals surface area (Å²) in [4.78, 5) is 0. The van der Waals surface area contributed by atoms with Gasteiger partial charge in [-0.15, -0.1) is 13.2 Å². The molecule has 0 aliphatic carbocycles. The lowest BCUT2D eigenvalue weighted by atomic mass is 9.88. The fraction of sp³-hybridized carbons (Fsp3) is 0.538. The number of rotatable bonds is 6. The van der Waals surface area contributed by atoms with E-state index in [1.54, 1.807) is 0 Å². The van der Waals surface area contributed by atoms with Crippen molar-refractivity contribution in [2.45, 2.75) is 26.6 Å². The van der Waals surface area contributed by atoms with Gasteiger partial charge in [-0.2, -0.15) is 0 Å². The van der Waals surface area contributed by atoms with Gasteiger partial charge in [0, 0.05) is 17.6 Å². The number of ether oxygens (including phenoxy) is 1. The summed E-state index contributed by atoms with van der Waals surface area (Å²) in [5, 5.41) is 12.4. The van der Waals surface area contributed by atoms with Gasteiger partial charge in [-0.25, -0.2) is 0 Å². The van der Waals surface area contributed by atoms with Crippen molar-refractivity contribution in [3.63, 3.8) is 0 Å². The van der Waals surface area contributed by atoms with E-state index in [1.165, 1.54) is 18.2 Å². The molecule has 1 unspecified atom stereocenters. The Morgan fingerprint density at radius 2 is 2.00 bits per heavy atom. The maximum Gasteiger partial charge on any atom is 0.573 e. The number of nitrogens with one attached hydrogen (secondary N) is 1. The van der Waals surface area contributed by atoms with Gasteiger partial charge in [0.2, 0.25) is 0 Å². The molecule has 1 aromatic rings. The molecule has 0 heterocycles. The lowest BCUT2D eigenvalue weighted by molar-refractivity contribution is -0.274. The van der Waals surface area contributed by atoms with Gasteiger partial charge < -0.3 is 15.2 Å². The van der Waals surface area contributed by atoms with Gasteiger partial charge in [-0.3, -0.25) is 0 Å². The van der Waals surface area contributed by atoms with Gasteiger partial charge in [0.05, 0.1) is 11.1 Å². The van der Waals surface area contributed by atoms with Gasteiger partial charge >= 0.3 is 6.36 Å². The number of halogens is 4. The number of aliphatic hydroxyl groups is 1. The van der Waals surface area contributed by atoms with Crippen molar-refractivity contribution in [1.29, 1.82) is 0 Å². The third kappa shape index (κ3) is 5.20. The van der Waals surface area contributed by atoms with Gasteiger partial charge in [-0.1, -0.05) is 13.8 Å². The fourth-order valence-corrected chi connectivity index (χ4v) is 1.89. The summed E-state index contributed by atoms with van der Waals surface area (Å²) in [5.41, 5.74) is 0.382. The molecule has 0 aromatic heterocycles. The zero-order valence-electron chi connectivity index (χ0n) is 11.2. The number of hydrogen-bond acceptors (Lipinski definition) is 3. The summed E-state index contributed by atoms with van der Waals surface area (Å²) in [7, 11) is 0. The molecule has 0 amide bonds. The van der Waals surface area contributed by atoms with E-state index >= 15 is 0 Å². The van der Waals surface area contributed by atoms with E-state index in [-0.39, 0.29) is 22.2 Å². The van der Waals surface area contributed by atoms with Crippen molar-refractivity contribution in [1.82, 2.24) is 0 Å². The highest BCUT2D eigenvalue weighted by Gasteiger charge is 2.32. The summed E-state index contributed by atoms with van der Waals surface area (Å²) in [6.45, 7) is 4.45. The Hall–Kier alpha value is -0.950. The van der Waals surface area contributed by atoms with Crippen LogP contribution >= 0.6 is 15.9 Å². The molecular formula is C13H17BrF3NO2. The Morgan fingerprint density at radius 3 is 2.45 bits per heavy atom. The standard InChI is InChI=1S/C13H17BrF3NO2/c1-3-12(2,8-19)7-18-9-4-5-11(10(14)6-9)20-13(15,16)17/h4-6,18-19H,3,7-8H2,1-2H3. The zero-order valence-corrected chi connectivity index (χ0v) is 12.8. The SMILES string of the molecule is CCC(C)(CO)CNc1ccc(OC(F)(F)F)c(Br)c1. The molecule has 0 bridgehead atoms. The Bertz CT molecular complexity index is 448. The zero-order chi connectivity index (χ0) is 15.4. The van der Waals surface area contributed by atoms with E-state index in [4.69, 9.17) is 0 Å². The molecule has 1 atom stereocenters. The van der Waals surface area contributed by atoms with Crippen molar-refractivity contribution < 1.29 is 23.0 Å².